The molecule has 5 heteroatoms. The van der Waals surface area contributed by atoms with Crippen LogP contribution in [0.25, 0.3) is 0 Å². The third kappa shape index (κ3) is 3.87. The molecule has 1 amide bonds. The van der Waals surface area contributed by atoms with Crippen LogP contribution in [0.4, 0.5) is 4.39 Å². The fourth-order valence-electron chi connectivity index (χ4n) is 1.16. The summed E-state index contributed by atoms with van der Waals surface area (Å²) in [7, 11) is 0. The molecule has 0 heterocycles. The Morgan fingerprint density at radius 2 is 2.25 bits per heavy atom. The van der Waals surface area contributed by atoms with Crippen molar-refractivity contribution in [3.63, 3.8) is 0 Å². The highest BCUT2D eigenvalue weighted by Gasteiger charge is 2.12. The van der Waals surface area contributed by atoms with Gasteiger partial charge in [0.05, 0.1) is 4.83 Å². The van der Waals surface area contributed by atoms with Crippen LogP contribution in [-0.4, -0.2) is 10.7 Å². The Kier molecular flexibility index (Phi) is 5.41. The zero-order valence-electron chi connectivity index (χ0n) is 8.77. The van der Waals surface area contributed by atoms with Crippen molar-refractivity contribution in [3.8, 4) is 0 Å². The summed E-state index contributed by atoms with van der Waals surface area (Å²) in [5.41, 5.74) is 0.471. The van der Waals surface area contributed by atoms with E-state index in [2.05, 4.69) is 37.2 Å². The van der Waals surface area contributed by atoms with Gasteiger partial charge in [-0.1, -0.05) is 38.8 Å². The van der Waals surface area contributed by atoms with E-state index in [1.54, 1.807) is 12.1 Å². The van der Waals surface area contributed by atoms with Gasteiger partial charge in [0, 0.05) is 16.6 Å². The van der Waals surface area contributed by atoms with Crippen LogP contribution in [-0.2, 0) is 11.3 Å². The van der Waals surface area contributed by atoms with Gasteiger partial charge in [0.1, 0.15) is 5.82 Å². The number of amides is 1. The largest absolute Gasteiger partial charge is 0.351 e. The molecule has 0 aromatic heterocycles. The lowest BCUT2D eigenvalue weighted by atomic mass is 10.2. The lowest BCUT2D eigenvalue weighted by Gasteiger charge is -2.09. The molecular weight excluding hydrogens is 341 g/mol. The van der Waals surface area contributed by atoms with Crippen molar-refractivity contribution in [2.75, 3.05) is 0 Å². The number of hydrogen-bond donors (Lipinski definition) is 1. The van der Waals surface area contributed by atoms with Gasteiger partial charge in [-0.25, -0.2) is 4.39 Å². The number of benzene rings is 1. The van der Waals surface area contributed by atoms with Crippen molar-refractivity contribution < 1.29 is 9.18 Å². The summed E-state index contributed by atoms with van der Waals surface area (Å²) in [5, 5.41) is 2.67. The predicted octanol–water partition coefficient (Wildman–Crippen LogP) is 3.38. The molecule has 0 saturated heterocycles. The van der Waals surface area contributed by atoms with Gasteiger partial charge < -0.3 is 5.32 Å². The molecule has 1 rings (SSSR count). The summed E-state index contributed by atoms with van der Waals surface area (Å²) >= 11 is 6.49. The average molecular weight is 353 g/mol. The van der Waals surface area contributed by atoms with E-state index in [1.165, 1.54) is 6.07 Å². The number of hydrogen-bond acceptors (Lipinski definition) is 1. The summed E-state index contributed by atoms with van der Waals surface area (Å²) in [6.45, 7) is 2.10. The Hall–Kier alpha value is -0.420. The summed E-state index contributed by atoms with van der Waals surface area (Å²) in [6, 6.07) is 4.65. The zero-order chi connectivity index (χ0) is 12.1. The van der Waals surface area contributed by atoms with E-state index in [0.29, 0.717) is 12.0 Å². The summed E-state index contributed by atoms with van der Waals surface area (Å²) in [4.78, 5) is 11.2. The molecular formula is C11H12Br2FNO. The molecule has 16 heavy (non-hydrogen) atoms. The fourth-order valence-corrected chi connectivity index (χ4v) is 1.73. The normalized spacial score (nSPS) is 12.2. The van der Waals surface area contributed by atoms with E-state index in [-0.39, 0.29) is 23.1 Å². The minimum Gasteiger partial charge on any atom is -0.351 e. The van der Waals surface area contributed by atoms with Gasteiger partial charge in [0.25, 0.3) is 0 Å². The molecule has 0 aliphatic rings. The van der Waals surface area contributed by atoms with Crippen molar-refractivity contribution in [2.24, 2.45) is 0 Å². The molecule has 1 unspecified atom stereocenters. The highest BCUT2D eigenvalue weighted by molar-refractivity contribution is 9.10. The zero-order valence-corrected chi connectivity index (χ0v) is 11.9. The predicted molar refractivity (Wildman–Crippen MR) is 69.0 cm³/mol. The lowest BCUT2D eigenvalue weighted by Crippen LogP contribution is -2.30. The third-order valence-electron chi connectivity index (χ3n) is 2.10. The minimum atomic E-state index is -0.314. The molecule has 0 saturated carbocycles. The van der Waals surface area contributed by atoms with Crippen LogP contribution in [0.1, 0.15) is 18.9 Å². The van der Waals surface area contributed by atoms with Crippen molar-refractivity contribution in [2.45, 2.75) is 24.7 Å². The summed E-state index contributed by atoms with van der Waals surface area (Å²) < 4.78 is 14.1. The van der Waals surface area contributed by atoms with Crippen LogP contribution >= 0.6 is 31.9 Å². The van der Waals surface area contributed by atoms with Crippen LogP contribution in [0.2, 0.25) is 0 Å². The van der Waals surface area contributed by atoms with Gasteiger partial charge in [-0.05, 0) is 24.6 Å². The maximum atomic E-state index is 13.3. The van der Waals surface area contributed by atoms with Crippen molar-refractivity contribution in [1.29, 1.82) is 0 Å². The highest BCUT2D eigenvalue weighted by Crippen LogP contribution is 2.15. The number of carbonyl (C=O) groups is 1. The molecule has 1 atom stereocenters. The first-order valence-corrected chi connectivity index (χ1v) is 6.61. The first-order valence-electron chi connectivity index (χ1n) is 4.90. The Bertz CT molecular complexity index is 384. The molecule has 1 aromatic rings. The standard InChI is InChI=1S/C11H12Br2FNO/c1-2-9(13)11(16)15-6-7-5-8(12)3-4-10(7)14/h3-5,9H,2,6H2,1H3,(H,15,16). The molecule has 0 radical (unpaired) electrons. The second-order valence-corrected chi connectivity index (χ2v) is 5.35. The molecule has 0 aliphatic carbocycles. The van der Waals surface area contributed by atoms with E-state index in [1.807, 2.05) is 6.92 Å². The van der Waals surface area contributed by atoms with Crippen LogP contribution in [0.5, 0.6) is 0 Å². The van der Waals surface area contributed by atoms with E-state index >= 15 is 0 Å². The SMILES string of the molecule is CCC(Br)C(=O)NCc1cc(Br)ccc1F. The van der Waals surface area contributed by atoms with E-state index in [9.17, 15) is 9.18 Å². The number of rotatable bonds is 4. The summed E-state index contributed by atoms with van der Waals surface area (Å²) in [6.07, 6.45) is 0.701. The topological polar surface area (TPSA) is 29.1 Å². The molecule has 1 aromatic carbocycles. The number of carbonyl (C=O) groups excluding carboxylic acids is 1. The smallest absolute Gasteiger partial charge is 0.234 e. The average Bonchev–Trinajstić information content (AvgIpc) is 2.28. The van der Waals surface area contributed by atoms with Crippen molar-refractivity contribution in [3.05, 3.63) is 34.1 Å². The van der Waals surface area contributed by atoms with Gasteiger partial charge >= 0.3 is 0 Å². The maximum absolute atomic E-state index is 13.3. The Labute approximate surface area is 111 Å². The third-order valence-corrected chi connectivity index (χ3v) is 3.66. The number of nitrogens with one attached hydrogen (secondary N) is 1. The Morgan fingerprint density at radius 1 is 1.56 bits per heavy atom. The number of alkyl halides is 1. The molecule has 0 fully saturated rings. The quantitative estimate of drug-likeness (QED) is 0.827. The first kappa shape index (κ1) is 13.6. The van der Waals surface area contributed by atoms with E-state index < -0.39 is 0 Å². The van der Waals surface area contributed by atoms with Gasteiger partial charge in [-0.3, -0.25) is 4.79 Å². The van der Waals surface area contributed by atoms with E-state index in [4.69, 9.17) is 0 Å². The Morgan fingerprint density at radius 3 is 2.88 bits per heavy atom. The maximum Gasteiger partial charge on any atom is 0.234 e. The van der Waals surface area contributed by atoms with Gasteiger partial charge in [0.2, 0.25) is 5.91 Å². The van der Waals surface area contributed by atoms with Gasteiger partial charge in [-0.2, -0.15) is 0 Å². The minimum absolute atomic E-state index is 0.123. The van der Waals surface area contributed by atoms with Gasteiger partial charge in [-0.15, -0.1) is 0 Å². The molecule has 2 nitrogen and oxygen atoms in total. The molecule has 88 valence electrons. The lowest BCUT2D eigenvalue weighted by molar-refractivity contribution is -0.120. The van der Waals surface area contributed by atoms with Crippen LogP contribution in [0.15, 0.2) is 22.7 Å². The van der Waals surface area contributed by atoms with Crippen LogP contribution in [0, 0.1) is 5.82 Å². The summed E-state index contributed by atoms with van der Waals surface area (Å²) in [5.74, 6) is -0.437. The highest BCUT2D eigenvalue weighted by atomic mass is 79.9. The molecule has 0 bridgehead atoms. The van der Waals surface area contributed by atoms with E-state index in [0.717, 1.165) is 4.47 Å². The van der Waals surface area contributed by atoms with Crippen molar-refractivity contribution >= 4 is 37.8 Å². The monoisotopic (exact) mass is 351 g/mol. The number of halogens is 3. The second kappa shape index (κ2) is 6.35. The Balaban J connectivity index is 2.61. The first-order chi connectivity index (χ1) is 7.54. The molecule has 0 spiro atoms. The van der Waals surface area contributed by atoms with Crippen molar-refractivity contribution in [1.82, 2.24) is 5.32 Å². The second-order valence-electron chi connectivity index (χ2n) is 3.33. The molecule has 0 aliphatic heterocycles. The van der Waals surface area contributed by atoms with Gasteiger partial charge in [0.15, 0.2) is 0 Å². The fraction of sp³-hybridized carbons (Fsp3) is 0.364. The van der Waals surface area contributed by atoms with Crippen LogP contribution < -0.4 is 5.32 Å². The van der Waals surface area contributed by atoms with Crippen LogP contribution in [0.3, 0.4) is 0 Å². The molecule has 1 N–H and O–H groups in total.